The highest BCUT2D eigenvalue weighted by molar-refractivity contribution is 5.75. The third-order valence-electron chi connectivity index (χ3n) is 4.22. The van der Waals surface area contributed by atoms with Gasteiger partial charge in [0.2, 0.25) is 0 Å². The molecule has 2 aromatic rings. The van der Waals surface area contributed by atoms with E-state index in [1.807, 2.05) is 38.1 Å². The number of anilines is 1. The lowest BCUT2D eigenvalue weighted by atomic mass is 10.2. The zero-order chi connectivity index (χ0) is 17.1. The van der Waals surface area contributed by atoms with Crippen LogP contribution in [0.5, 0.6) is 0 Å². The lowest BCUT2D eigenvalue weighted by Crippen LogP contribution is -2.52. The fourth-order valence-electron chi connectivity index (χ4n) is 2.78. The van der Waals surface area contributed by atoms with Gasteiger partial charge in [-0.2, -0.15) is 5.10 Å². The smallest absolute Gasteiger partial charge is 0.317 e. The Morgan fingerprint density at radius 2 is 2.04 bits per heavy atom. The number of carbonyl (C=O) groups excluding carboxylic acids is 1. The van der Waals surface area contributed by atoms with Crippen LogP contribution in [0.3, 0.4) is 0 Å². The van der Waals surface area contributed by atoms with E-state index in [2.05, 4.69) is 25.3 Å². The van der Waals surface area contributed by atoms with Gasteiger partial charge in [0.1, 0.15) is 11.6 Å². The monoisotopic (exact) mass is 329 g/mol. The molecule has 128 valence electrons. The Hall–Kier alpha value is -2.64. The Morgan fingerprint density at radius 3 is 2.67 bits per heavy atom. The summed E-state index contributed by atoms with van der Waals surface area (Å²) in [5.41, 5.74) is 1.00. The lowest BCUT2D eigenvalue weighted by Gasteiger charge is -2.35. The van der Waals surface area contributed by atoms with Crippen molar-refractivity contribution in [1.29, 1.82) is 0 Å². The molecule has 3 rings (SSSR count). The van der Waals surface area contributed by atoms with Gasteiger partial charge in [-0.3, -0.25) is 4.68 Å². The minimum Gasteiger partial charge on any atom is -0.353 e. The summed E-state index contributed by atoms with van der Waals surface area (Å²) >= 11 is 0. The van der Waals surface area contributed by atoms with Crippen molar-refractivity contribution in [2.45, 2.75) is 19.9 Å². The Labute approximate surface area is 141 Å². The van der Waals surface area contributed by atoms with E-state index < -0.39 is 0 Å². The molecule has 1 unspecified atom stereocenters. The van der Waals surface area contributed by atoms with E-state index >= 15 is 0 Å². The summed E-state index contributed by atoms with van der Waals surface area (Å²) in [7, 11) is 1.87. The van der Waals surface area contributed by atoms with Crippen molar-refractivity contribution >= 4 is 11.8 Å². The summed E-state index contributed by atoms with van der Waals surface area (Å²) in [5, 5.41) is 7.17. The summed E-state index contributed by atoms with van der Waals surface area (Å²) in [4.78, 5) is 25.0. The Balaban J connectivity index is 1.53. The normalized spacial score (nSPS) is 16.1. The molecular formula is C16H23N7O. The highest BCUT2D eigenvalue weighted by atomic mass is 16.2. The molecule has 0 spiro atoms. The van der Waals surface area contributed by atoms with Crippen LogP contribution in [0.25, 0.3) is 0 Å². The van der Waals surface area contributed by atoms with Crippen LogP contribution >= 0.6 is 0 Å². The molecule has 1 atom stereocenters. The van der Waals surface area contributed by atoms with Gasteiger partial charge in [0, 0.05) is 51.2 Å². The Kier molecular flexibility index (Phi) is 4.64. The van der Waals surface area contributed by atoms with Crippen LogP contribution in [-0.2, 0) is 7.05 Å². The average molecular weight is 329 g/mol. The number of nitrogens with zero attached hydrogens (tertiary/aromatic N) is 6. The summed E-state index contributed by atoms with van der Waals surface area (Å²) in [6, 6.07) is 1.81. The van der Waals surface area contributed by atoms with Crippen LogP contribution in [0.1, 0.15) is 24.4 Å². The summed E-state index contributed by atoms with van der Waals surface area (Å²) in [6.45, 7) is 6.74. The maximum absolute atomic E-state index is 12.4. The van der Waals surface area contributed by atoms with Crippen molar-refractivity contribution in [3.05, 3.63) is 36.0 Å². The zero-order valence-corrected chi connectivity index (χ0v) is 14.3. The van der Waals surface area contributed by atoms with Crippen LogP contribution in [0.15, 0.2) is 24.7 Å². The molecule has 24 heavy (non-hydrogen) atoms. The quantitative estimate of drug-likeness (QED) is 0.912. The fraction of sp³-hybridized carbons (Fsp3) is 0.500. The molecule has 8 heteroatoms. The maximum atomic E-state index is 12.4. The van der Waals surface area contributed by atoms with Gasteiger partial charge < -0.3 is 15.1 Å². The molecule has 1 N–H and O–H groups in total. The molecule has 1 aliphatic rings. The van der Waals surface area contributed by atoms with E-state index in [9.17, 15) is 4.79 Å². The number of nitrogens with one attached hydrogen (secondary N) is 1. The minimum atomic E-state index is -0.0613. The predicted octanol–water partition coefficient (Wildman–Crippen LogP) is 1.11. The van der Waals surface area contributed by atoms with Gasteiger partial charge in [-0.05, 0) is 19.9 Å². The van der Waals surface area contributed by atoms with Crippen LogP contribution in [-0.4, -0.2) is 56.9 Å². The zero-order valence-electron chi connectivity index (χ0n) is 14.3. The molecule has 1 saturated heterocycles. The molecule has 1 aliphatic heterocycles. The third kappa shape index (κ3) is 3.64. The van der Waals surface area contributed by atoms with Gasteiger partial charge in [-0.15, -0.1) is 0 Å². The van der Waals surface area contributed by atoms with Crippen molar-refractivity contribution in [3.8, 4) is 0 Å². The minimum absolute atomic E-state index is 0.0372. The molecule has 0 aromatic carbocycles. The average Bonchev–Trinajstić information content (AvgIpc) is 3.01. The molecule has 0 radical (unpaired) electrons. The highest BCUT2D eigenvalue weighted by Gasteiger charge is 2.23. The molecule has 3 heterocycles. The van der Waals surface area contributed by atoms with Gasteiger partial charge in [0.25, 0.3) is 0 Å². The van der Waals surface area contributed by atoms with Gasteiger partial charge in [0.05, 0.1) is 12.2 Å². The fourth-order valence-corrected chi connectivity index (χ4v) is 2.78. The molecule has 0 aliphatic carbocycles. The van der Waals surface area contributed by atoms with Crippen molar-refractivity contribution in [2.75, 3.05) is 31.1 Å². The number of hydrogen-bond donors (Lipinski definition) is 1. The molecule has 8 nitrogen and oxygen atoms in total. The summed E-state index contributed by atoms with van der Waals surface area (Å²) in [6.07, 6.45) is 5.47. The Morgan fingerprint density at radius 1 is 1.29 bits per heavy atom. The van der Waals surface area contributed by atoms with E-state index in [1.54, 1.807) is 17.1 Å². The number of hydrogen-bond acceptors (Lipinski definition) is 5. The van der Waals surface area contributed by atoms with Gasteiger partial charge in [-0.25, -0.2) is 14.8 Å². The third-order valence-corrected chi connectivity index (χ3v) is 4.22. The lowest BCUT2D eigenvalue weighted by molar-refractivity contribution is 0.191. The first kappa shape index (κ1) is 16.2. The van der Waals surface area contributed by atoms with Crippen molar-refractivity contribution in [3.63, 3.8) is 0 Å². The van der Waals surface area contributed by atoms with Gasteiger partial charge in [-0.1, -0.05) is 0 Å². The van der Waals surface area contributed by atoms with Crippen LogP contribution in [0, 0.1) is 6.92 Å². The molecular weight excluding hydrogens is 306 g/mol. The first-order valence-electron chi connectivity index (χ1n) is 8.11. The standard InChI is InChI=1S/C16H23N7O/c1-12(14-10-18-21(3)11-14)19-16(24)23-8-6-22(7-9-23)15-4-5-17-13(2)20-15/h4-5,10-12H,6-9H2,1-3H3,(H,19,24). The maximum Gasteiger partial charge on any atom is 0.317 e. The number of aromatic nitrogens is 4. The first-order valence-corrected chi connectivity index (χ1v) is 8.11. The molecule has 1 fully saturated rings. The number of rotatable bonds is 3. The SMILES string of the molecule is Cc1nccc(N2CCN(C(=O)NC(C)c3cnn(C)c3)CC2)n1. The van der Waals surface area contributed by atoms with E-state index in [1.165, 1.54) is 0 Å². The summed E-state index contributed by atoms with van der Waals surface area (Å²) in [5.74, 6) is 1.68. The number of carbonyl (C=O) groups is 1. The van der Waals surface area contributed by atoms with Crippen LogP contribution in [0.4, 0.5) is 10.6 Å². The molecule has 2 aromatic heterocycles. The van der Waals surface area contributed by atoms with E-state index in [0.717, 1.165) is 30.3 Å². The van der Waals surface area contributed by atoms with Crippen molar-refractivity contribution in [2.24, 2.45) is 7.05 Å². The second-order valence-electron chi connectivity index (χ2n) is 6.05. The second-order valence-corrected chi connectivity index (χ2v) is 6.05. The van der Waals surface area contributed by atoms with E-state index in [0.29, 0.717) is 13.1 Å². The predicted molar refractivity (Wildman–Crippen MR) is 90.7 cm³/mol. The largest absolute Gasteiger partial charge is 0.353 e. The van der Waals surface area contributed by atoms with Crippen molar-refractivity contribution in [1.82, 2.24) is 30.0 Å². The molecule has 0 saturated carbocycles. The van der Waals surface area contributed by atoms with E-state index in [4.69, 9.17) is 0 Å². The summed E-state index contributed by atoms with van der Waals surface area (Å²) < 4.78 is 1.74. The van der Waals surface area contributed by atoms with Crippen molar-refractivity contribution < 1.29 is 4.79 Å². The first-order chi connectivity index (χ1) is 11.5. The van der Waals surface area contributed by atoms with Gasteiger partial charge >= 0.3 is 6.03 Å². The molecule has 2 amide bonds. The topological polar surface area (TPSA) is 79.2 Å². The van der Waals surface area contributed by atoms with Gasteiger partial charge in [0.15, 0.2) is 0 Å². The second kappa shape index (κ2) is 6.86. The number of amides is 2. The Bertz CT molecular complexity index is 706. The number of piperazine rings is 1. The van der Waals surface area contributed by atoms with Crippen LogP contribution in [0.2, 0.25) is 0 Å². The number of aryl methyl sites for hydroxylation is 2. The molecule has 0 bridgehead atoms. The number of urea groups is 1. The van der Waals surface area contributed by atoms with Crippen LogP contribution < -0.4 is 10.2 Å². The highest BCUT2D eigenvalue weighted by Crippen LogP contribution is 2.15. The van der Waals surface area contributed by atoms with E-state index in [-0.39, 0.29) is 12.1 Å².